The lowest BCUT2D eigenvalue weighted by atomic mass is 10.2. The Balaban J connectivity index is 2.29. The van der Waals surface area contributed by atoms with Crippen LogP contribution in [0.1, 0.15) is 12.0 Å². The molecule has 0 bridgehead atoms. The van der Waals surface area contributed by atoms with E-state index in [0.29, 0.717) is 5.75 Å². The topological polar surface area (TPSA) is 35.5 Å². The molecule has 3 nitrogen and oxygen atoms in total. The Morgan fingerprint density at radius 1 is 1.38 bits per heavy atom. The summed E-state index contributed by atoms with van der Waals surface area (Å²) in [5.41, 5.74) is 1.09. The van der Waals surface area contributed by atoms with E-state index in [2.05, 4.69) is 40.2 Å². The molecule has 90 valence electrons. The van der Waals surface area contributed by atoms with Crippen molar-refractivity contribution in [1.82, 2.24) is 10.2 Å². The second-order valence-corrected chi connectivity index (χ2v) is 4.96. The van der Waals surface area contributed by atoms with Gasteiger partial charge < -0.3 is 15.3 Å². The standard InChI is InChI=1S/C12H19BrN2O/c1-15(2)7-3-6-14-9-10-8-11(16)4-5-12(10)13/h4-5,8,14,16H,3,6-7,9H2,1-2H3. The van der Waals surface area contributed by atoms with E-state index in [0.717, 1.165) is 36.1 Å². The summed E-state index contributed by atoms with van der Waals surface area (Å²) >= 11 is 3.46. The molecule has 1 aromatic rings. The van der Waals surface area contributed by atoms with Gasteiger partial charge in [0.1, 0.15) is 5.75 Å². The average molecular weight is 287 g/mol. The van der Waals surface area contributed by atoms with Crippen molar-refractivity contribution in [2.45, 2.75) is 13.0 Å². The van der Waals surface area contributed by atoms with Crippen LogP contribution in [0.25, 0.3) is 0 Å². The largest absolute Gasteiger partial charge is 0.508 e. The van der Waals surface area contributed by atoms with Gasteiger partial charge in [0, 0.05) is 11.0 Å². The quantitative estimate of drug-likeness (QED) is 0.787. The molecule has 0 atom stereocenters. The molecular formula is C12H19BrN2O. The first-order chi connectivity index (χ1) is 7.59. The van der Waals surface area contributed by atoms with Crippen molar-refractivity contribution < 1.29 is 5.11 Å². The molecule has 0 aliphatic carbocycles. The SMILES string of the molecule is CN(C)CCCNCc1cc(O)ccc1Br. The zero-order valence-corrected chi connectivity index (χ0v) is 11.4. The molecule has 4 heteroatoms. The molecule has 0 saturated carbocycles. The number of hydrogen-bond donors (Lipinski definition) is 2. The highest BCUT2D eigenvalue weighted by Crippen LogP contribution is 2.21. The molecule has 2 N–H and O–H groups in total. The van der Waals surface area contributed by atoms with E-state index in [-0.39, 0.29) is 0 Å². The van der Waals surface area contributed by atoms with Gasteiger partial charge in [-0.05, 0) is 57.4 Å². The summed E-state index contributed by atoms with van der Waals surface area (Å²) in [6.07, 6.45) is 1.13. The summed E-state index contributed by atoms with van der Waals surface area (Å²) in [4.78, 5) is 2.17. The molecule has 0 aromatic heterocycles. The maximum atomic E-state index is 9.36. The summed E-state index contributed by atoms with van der Waals surface area (Å²) in [6.45, 7) is 2.86. The Kier molecular flexibility index (Phi) is 5.80. The summed E-state index contributed by atoms with van der Waals surface area (Å²) in [5, 5.41) is 12.7. The van der Waals surface area contributed by atoms with Crippen LogP contribution in [0.5, 0.6) is 5.75 Å². The highest BCUT2D eigenvalue weighted by Gasteiger charge is 2.00. The van der Waals surface area contributed by atoms with Gasteiger partial charge in [-0.1, -0.05) is 15.9 Å². The molecule has 0 aliphatic rings. The monoisotopic (exact) mass is 286 g/mol. The van der Waals surface area contributed by atoms with Crippen molar-refractivity contribution in [3.63, 3.8) is 0 Å². The molecule has 0 aliphatic heterocycles. The van der Waals surface area contributed by atoms with Crippen molar-refractivity contribution in [2.24, 2.45) is 0 Å². The van der Waals surface area contributed by atoms with Crippen LogP contribution < -0.4 is 5.32 Å². The first kappa shape index (κ1) is 13.5. The molecule has 0 fully saturated rings. The van der Waals surface area contributed by atoms with Gasteiger partial charge in [-0.15, -0.1) is 0 Å². The van der Waals surface area contributed by atoms with Gasteiger partial charge in [-0.2, -0.15) is 0 Å². The number of halogens is 1. The van der Waals surface area contributed by atoms with Crippen LogP contribution in [0.2, 0.25) is 0 Å². The van der Waals surface area contributed by atoms with E-state index in [1.54, 1.807) is 12.1 Å². The van der Waals surface area contributed by atoms with Crippen LogP contribution in [0, 0.1) is 0 Å². The van der Waals surface area contributed by atoms with Gasteiger partial charge in [-0.25, -0.2) is 0 Å². The zero-order valence-electron chi connectivity index (χ0n) is 9.83. The van der Waals surface area contributed by atoms with Crippen LogP contribution >= 0.6 is 15.9 Å². The second kappa shape index (κ2) is 6.89. The highest BCUT2D eigenvalue weighted by atomic mass is 79.9. The molecule has 0 radical (unpaired) electrons. The third-order valence-corrected chi connectivity index (χ3v) is 3.08. The number of nitrogens with zero attached hydrogens (tertiary/aromatic N) is 1. The lowest BCUT2D eigenvalue weighted by Gasteiger charge is -2.10. The Morgan fingerprint density at radius 3 is 2.81 bits per heavy atom. The number of benzene rings is 1. The molecule has 1 aromatic carbocycles. The first-order valence-electron chi connectivity index (χ1n) is 5.42. The molecule has 0 heterocycles. The molecular weight excluding hydrogens is 268 g/mol. The minimum atomic E-state index is 0.313. The molecule has 0 spiro atoms. The van der Waals surface area contributed by atoms with E-state index in [4.69, 9.17) is 0 Å². The number of hydrogen-bond acceptors (Lipinski definition) is 3. The fourth-order valence-electron chi connectivity index (χ4n) is 1.44. The van der Waals surface area contributed by atoms with E-state index < -0.39 is 0 Å². The number of phenols is 1. The highest BCUT2D eigenvalue weighted by molar-refractivity contribution is 9.10. The van der Waals surface area contributed by atoms with Crippen molar-refractivity contribution in [2.75, 3.05) is 27.2 Å². The minimum Gasteiger partial charge on any atom is -0.508 e. The van der Waals surface area contributed by atoms with Crippen molar-refractivity contribution in [3.8, 4) is 5.75 Å². The summed E-state index contributed by atoms with van der Waals surface area (Å²) < 4.78 is 1.03. The van der Waals surface area contributed by atoms with Crippen LogP contribution in [0.4, 0.5) is 0 Å². The van der Waals surface area contributed by atoms with Gasteiger partial charge in [0.05, 0.1) is 0 Å². The molecule has 0 amide bonds. The van der Waals surface area contributed by atoms with Gasteiger partial charge in [0.15, 0.2) is 0 Å². The third-order valence-electron chi connectivity index (χ3n) is 2.30. The Hall–Kier alpha value is -0.580. The fourth-order valence-corrected chi connectivity index (χ4v) is 1.83. The predicted octanol–water partition coefficient (Wildman–Crippen LogP) is 2.20. The van der Waals surface area contributed by atoms with E-state index in [1.807, 2.05) is 6.07 Å². The molecule has 0 saturated heterocycles. The van der Waals surface area contributed by atoms with Gasteiger partial charge in [0.2, 0.25) is 0 Å². The number of phenolic OH excluding ortho intramolecular Hbond substituents is 1. The summed E-state index contributed by atoms with van der Waals surface area (Å²) in [6, 6.07) is 5.33. The molecule has 16 heavy (non-hydrogen) atoms. The van der Waals surface area contributed by atoms with E-state index in [1.165, 1.54) is 0 Å². The van der Waals surface area contributed by atoms with Crippen LogP contribution in [0.3, 0.4) is 0 Å². The Bertz CT molecular complexity index is 329. The number of nitrogens with one attached hydrogen (secondary N) is 1. The minimum absolute atomic E-state index is 0.313. The lowest BCUT2D eigenvalue weighted by Crippen LogP contribution is -2.21. The van der Waals surface area contributed by atoms with Crippen molar-refractivity contribution in [3.05, 3.63) is 28.2 Å². The first-order valence-corrected chi connectivity index (χ1v) is 6.21. The van der Waals surface area contributed by atoms with Crippen molar-refractivity contribution >= 4 is 15.9 Å². The average Bonchev–Trinajstić information content (AvgIpc) is 2.22. The maximum Gasteiger partial charge on any atom is 0.115 e. The van der Waals surface area contributed by atoms with Gasteiger partial charge in [0.25, 0.3) is 0 Å². The van der Waals surface area contributed by atoms with E-state index >= 15 is 0 Å². The fraction of sp³-hybridized carbons (Fsp3) is 0.500. The van der Waals surface area contributed by atoms with E-state index in [9.17, 15) is 5.11 Å². The van der Waals surface area contributed by atoms with Gasteiger partial charge in [-0.3, -0.25) is 0 Å². The van der Waals surface area contributed by atoms with Crippen molar-refractivity contribution in [1.29, 1.82) is 0 Å². The summed E-state index contributed by atoms with van der Waals surface area (Å²) in [5.74, 6) is 0.313. The maximum absolute atomic E-state index is 9.36. The smallest absolute Gasteiger partial charge is 0.115 e. The predicted molar refractivity (Wildman–Crippen MR) is 70.7 cm³/mol. The summed E-state index contributed by atoms with van der Waals surface area (Å²) in [7, 11) is 4.15. The third kappa shape index (κ3) is 4.96. The number of aromatic hydroxyl groups is 1. The lowest BCUT2D eigenvalue weighted by molar-refractivity contribution is 0.394. The normalized spacial score (nSPS) is 11.0. The molecule has 1 rings (SSSR count). The van der Waals surface area contributed by atoms with Crippen LogP contribution in [-0.4, -0.2) is 37.2 Å². The van der Waals surface area contributed by atoms with Crippen LogP contribution in [-0.2, 0) is 6.54 Å². The van der Waals surface area contributed by atoms with Crippen LogP contribution in [0.15, 0.2) is 22.7 Å². The second-order valence-electron chi connectivity index (χ2n) is 4.11. The number of rotatable bonds is 6. The molecule has 0 unspecified atom stereocenters. The Morgan fingerprint density at radius 2 is 2.12 bits per heavy atom. The van der Waals surface area contributed by atoms with Gasteiger partial charge >= 0.3 is 0 Å². The Labute approximate surface area is 106 Å². The zero-order chi connectivity index (χ0) is 12.0.